The summed E-state index contributed by atoms with van der Waals surface area (Å²) < 4.78 is 0. The van der Waals surface area contributed by atoms with Crippen molar-refractivity contribution in [1.29, 1.82) is 0 Å². The van der Waals surface area contributed by atoms with E-state index in [2.05, 4.69) is 5.32 Å². The number of rotatable bonds is 4. The topological polar surface area (TPSA) is 32.3 Å². The van der Waals surface area contributed by atoms with Crippen molar-refractivity contribution in [3.63, 3.8) is 0 Å². The number of carbonyl (C=O) groups excluding carboxylic acids is 1. The van der Waals surface area contributed by atoms with E-state index < -0.39 is 0 Å². The number of likely N-dealkylation sites (N-methyl/N-ethyl adjacent to an activating group) is 1. The molecule has 0 heterocycles. The molecule has 3 nitrogen and oxygen atoms in total. The highest BCUT2D eigenvalue weighted by Gasteiger charge is 2.20. The molecule has 0 saturated heterocycles. The van der Waals surface area contributed by atoms with E-state index >= 15 is 0 Å². The first-order valence-electron chi connectivity index (χ1n) is 6.47. The third-order valence-electron chi connectivity index (χ3n) is 3.10. The second-order valence-electron chi connectivity index (χ2n) is 5.81. The van der Waals surface area contributed by atoms with Crippen LogP contribution >= 0.6 is 11.6 Å². The zero-order chi connectivity index (χ0) is 14.6. The number of amides is 1. The van der Waals surface area contributed by atoms with Crippen LogP contribution in [0.3, 0.4) is 0 Å². The lowest BCUT2D eigenvalue weighted by molar-refractivity contribution is -0.131. The first-order chi connectivity index (χ1) is 8.72. The molecule has 1 rings (SSSR count). The van der Waals surface area contributed by atoms with E-state index in [4.69, 9.17) is 11.6 Å². The van der Waals surface area contributed by atoms with E-state index in [0.29, 0.717) is 11.6 Å². The van der Waals surface area contributed by atoms with Gasteiger partial charge in [-0.3, -0.25) is 4.79 Å². The van der Waals surface area contributed by atoms with Crippen molar-refractivity contribution >= 4 is 17.5 Å². The van der Waals surface area contributed by atoms with Crippen molar-refractivity contribution in [1.82, 2.24) is 10.2 Å². The normalized spacial score (nSPS) is 13.2. The number of halogens is 1. The molecule has 0 radical (unpaired) electrons. The van der Waals surface area contributed by atoms with E-state index in [1.54, 1.807) is 11.9 Å². The highest BCUT2D eigenvalue weighted by Crippen LogP contribution is 2.26. The number of nitrogens with one attached hydrogen (secondary N) is 1. The Bertz CT molecular complexity index is 440. The maximum absolute atomic E-state index is 12.1. The first kappa shape index (κ1) is 16.0. The SMILES string of the molecule is CC(c1ccccc1Cl)N(C)C(=O)CNC(C)(C)C. The molecule has 1 aromatic carbocycles. The molecule has 0 saturated carbocycles. The third kappa shape index (κ3) is 4.84. The lowest BCUT2D eigenvalue weighted by Gasteiger charge is -2.28. The van der Waals surface area contributed by atoms with Crippen LogP contribution in [-0.2, 0) is 4.79 Å². The molecule has 0 aliphatic carbocycles. The van der Waals surface area contributed by atoms with Crippen LogP contribution in [0.1, 0.15) is 39.3 Å². The minimum atomic E-state index is -0.0653. The van der Waals surface area contributed by atoms with Gasteiger partial charge < -0.3 is 10.2 Å². The summed E-state index contributed by atoms with van der Waals surface area (Å²) in [7, 11) is 1.81. The van der Waals surface area contributed by atoms with Crippen LogP contribution in [0.25, 0.3) is 0 Å². The Morgan fingerprint density at radius 2 is 1.95 bits per heavy atom. The van der Waals surface area contributed by atoms with E-state index in [0.717, 1.165) is 5.56 Å². The fraction of sp³-hybridized carbons (Fsp3) is 0.533. The van der Waals surface area contributed by atoms with Crippen LogP contribution in [0.2, 0.25) is 5.02 Å². The molecule has 4 heteroatoms. The Kier molecular flexibility index (Phi) is 5.39. The summed E-state index contributed by atoms with van der Waals surface area (Å²) >= 11 is 6.16. The van der Waals surface area contributed by atoms with Gasteiger partial charge in [-0.05, 0) is 39.3 Å². The standard InChI is InChI=1S/C15H23ClN2O/c1-11(12-8-6-7-9-13(12)16)18(5)14(19)10-17-15(2,3)4/h6-9,11,17H,10H2,1-5H3. The fourth-order valence-electron chi connectivity index (χ4n) is 1.70. The zero-order valence-corrected chi connectivity index (χ0v) is 13.1. The van der Waals surface area contributed by atoms with Crippen molar-refractivity contribution in [3.05, 3.63) is 34.9 Å². The largest absolute Gasteiger partial charge is 0.338 e. The van der Waals surface area contributed by atoms with Crippen molar-refractivity contribution in [2.75, 3.05) is 13.6 Å². The van der Waals surface area contributed by atoms with Crippen LogP contribution in [0.5, 0.6) is 0 Å². The summed E-state index contributed by atoms with van der Waals surface area (Å²) in [6.45, 7) is 8.43. The Labute approximate surface area is 120 Å². The van der Waals surface area contributed by atoms with Crippen molar-refractivity contribution in [3.8, 4) is 0 Å². The van der Waals surface area contributed by atoms with Crippen LogP contribution in [0, 0.1) is 0 Å². The van der Waals surface area contributed by atoms with Gasteiger partial charge in [0.15, 0.2) is 0 Å². The molecule has 1 amide bonds. The van der Waals surface area contributed by atoms with Gasteiger partial charge in [-0.1, -0.05) is 29.8 Å². The average molecular weight is 283 g/mol. The monoisotopic (exact) mass is 282 g/mol. The second kappa shape index (κ2) is 6.40. The molecule has 19 heavy (non-hydrogen) atoms. The Hall–Kier alpha value is -1.06. The predicted molar refractivity (Wildman–Crippen MR) is 80.4 cm³/mol. The summed E-state index contributed by atoms with van der Waals surface area (Å²) in [5.74, 6) is 0.0577. The second-order valence-corrected chi connectivity index (χ2v) is 6.21. The maximum atomic E-state index is 12.1. The molecule has 0 fully saturated rings. The molecule has 1 atom stereocenters. The summed E-state index contributed by atoms with van der Waals surface area (Å²) in [5.41, 5.74) is 0.903. The molecule has 0 aliphatic heterocycles. The molecule has 1 N–H and O–H groups in total. The lowest BCUT2D eigenvalue weighted by atomic mass is 10.1. The molecule has 106 valence electrons. The smallest absolute Gasteiger partial charge is 0.236 e. The summed E-state index contributed by atoms with van der Waals surface area (Å²) in [6, 6.07) is 7.58. The highest BCUT2D eigenvalue weighted by molar-refractivity contribution is 6.31. The van der Waals surface area contributed by atoms with Gasteiger partial charge in [0.2, 0.25) is 5.91 Å². The van der Waals surface area contributed by atoms with E-state index in [1.165, 1.54) is 0 Å². The van der Waals surface area contributed by atoms with Gasteiger partial charge in [0.05, 0.1) is 12.6 Å². The number of hydrogen-bond donors (Lipinski definition) is 1. The first-order valence-corrected chi connectivity index (χ1v) is 6.85. The molecule has 0 spiro atoms. The number of hydrogen-bond acceptors (Lipinski definition) is 2. The molecule has 1 unspecified atom stereocenters. The zero-order valence-electron chi connectivity index (χ0n) is 12.3. The summed E-state index contributed by atoms with van der Waals surface area (Å²) in [6.07, 6.45) is 0. The van der Waals surface area contributed by atoms with Crippen molar-refractivity contribution in [2.24, 2.45) is 0 Å². The third-order valence-corrected chi connectivity index (χ3v) is 3.44. The van der Waals surface area contributed by atoms with Gasteiger partial charge in [-0.2, -0.15) is 0 Å². The fourth-order valence-corrected chi connectivity index (χ4v) is 2.00. The van der Waals surface area contributed by atoms with Gasteiger partial charge in [-0.15, -0.1) is 0 Å². The van der Waals surface area contributed by atoms with Crippen LogP contribution in [0.4, 0.5) is 0 Å². The lowest BCUT2D eigenvalue weighted by Crippen LogP contribution is -2.44. The molecular weight excluding hydrogens is 260 g/mol. The van der Waals surface area contributed by atoms with Gasteiger partial charge >= 0.3 is 0 Å². The quantitative estimate of drug-likeness (QED) is 0.919. The van der Waals surface area contributed by atoms with Gasteiger partial charge in [0.1, 0.15) is 0 Å². The van der Waals surface area contributed by atoms with Crippen LogP contribution < -0.4 is 5.32 Å². The average Bonchev–Trinajstić information content (AvgIpc) is 2.34. The van der Waals surface area contributed by atoms with E-state index in [9.17, 15) is 4.79 Å². The minimum absolute atomic E-state index is 0.0389. The summed E-state index contributed by atoms with van der Waals surface area (Å²) in [5, 5.41) is 3.89. The maximum Gasteiger partial charge on any atom is 0.236 e. The number of nitrogens with zero attached hydrogens (tertiary/aromatic N) is 1. The molecule has 0 aromatic heterocycles. The Morgan fingerprint density at radius 3 is 2.47 bits per heavy atom. The van der Waals surface area contributed by atoms with Gasteiger partial charge in [0, 0.05) is 17.6 Å². The molecular formula is C15H23ClN2O. The van der Waals surface area contributed by atoms with Crippen LogP contribution in [0.15, 0.2) is 24.3 Å². The number of carbonyl (C=O) groups is 1. The van der Waals surface area contributed by atoms with Crippen molar-refractivity contribution in [2.45, 2.75) is 39.3 Å². The van der Waals surface area contributed by atoms with Gasteiger partial charge in [0.25, 0.3) is 0 Å². The predicted octanol–water partition coefficient (Wildman–Crippen LogP) is 3.25. The van der Waals surface area contributed by atoms with E-state index in [1.807, 2.05) is 52.0 Å². The van der Waals surface area contributed by atoms with E-state index in [-0.39, 0.29) is 17.5 Å². The Balaban J connectivity index is 2.69. The molecule has 0 aliphatic rings. The Morgan fingerprint density at radius 1 is 1.37 bits per heavy atom. The summed E-state index contributed by atoms with van der Waals surface area (Å²) in [4.78, 5) is 13.9. The molecule has 1 aromatic rings. The molecule has 0 bridgehead atoms. The highest BCUT2D eigenvalue weighted by atomic mass is 35.5. The minimum Gasteiger partial charge on any atom is -0.338 e. The van der Waals surface area contributed by atoms with Crippen molar-refractivity contribution < 1.29 is 4.79 Å². The van der Waals surface area contributed by atoms with Crippen LogP contribution in [-0.4, -0.2) is 29.9 Å². The number of benzene rings is 1. The van der Waals surface area contributed by atoms with Gasteiger partial charge in [-0.25, -0.2) is 0 Å².